The second-order valence-corrected chi connectivity index (χ2v) is 14.0. The molecule has 3 heterocycles. The van der Waals surface area contributed by atoms with Gasteiger partial charge in [-0.1, -0.05) is 146 Å². The summed E-state index contributed by atoms with van der Waals surface area (Å²) in [6, 6.07) is 66.6. The zero-order valence-electron chi connectivity index (χ0n) is 29.3. The first-order valence-electron chi connectivity index (χ1n) is 18.4. The van der Waals surface area contributed by atoms with Crippen molar-refractivity contribution in [1.29, 1.82) is 0 Å². The number of hydrogen-bond donors (Lipinski definition) is 1. The van der Waals surface area contributed by atoms with E-state index in [4.69, 9.17) is 9.41 Å². The number of amidine groups is 1. The van der Waals surface area contributed by atoms with Gasteiger partial charge in [0.1, 0.15) is 11.4 Å². The van der Waals surface area contributed by atoms with Crippen LogP contribution in [0.3, 0.4) is 0 Å². The summed E-state index contributed by atoms with van der Waals surface area (Å²) in [4.78, 5) is 5.06. The average Bonchev–Trinajstić information content (AvgIpc) is 3.80. The molecule has 4 nitrogen and oxygen atoms in total. The third kappa shape index (κ3) is 4.81. The van der Waals surface area contributed by atoms with Crippen LogP contribution in [0.15, 0.2) is 197 Å². The molecule has 11 rings (SSSR count). The summed E-state index contributed by atoms with van der Waals surface area (Å²) < 4.78 is 9.33. The van der Waals surface area contributed by atoms with E-state index >= 15 is 0 Å². The lowest BCUT2D eigenvalue weighted by Crippen LogP contribution is -2.32. The molecule has 10 aromatic rings. The molecule has 0 fully saturated rings. The van der Waals surface area contributed by atoms with Gasteiger partial charge in [0.05, 0.1) is 28.5 Å². The van der Waals surface area contributed by atoms with Gasteiger partial charge in [-0.05, 0) is 70.3 Å². The quantitative estimate of drug-likeness (QED) is 0.195. The van der Waals surface area contributed by atoms with Crippen LogP contribution in [0.5, 0.6) is 0 Å². The number of aliphatic imine (C=N–C) groups is 1. The van der Waals surface area contributed by atoms with Crippen molar-refractivity contribution in [2.45, 2.75) is 6.04 Å². The van der Waals surface area contributed by atoms with E-state index < -0.39 is 0 Å². The lowest BCUT2D eigenvalue weighted by atomic mass is 9.91. The van der Waals surface area contributed by atoms with Gasteiger partial charge in [0.25, 0.3) is 0 Å². The summed E-state index contributed by atoms with van der Waals surface area (Å²) in [5.74, 6) is 0.861. The third-order valence-corrected chi connectivity index (χ3v) is 10.9. The van der Waals surface area contributed by atoms with Gasteiger partial charge in [-0.15, -0.1) is 0 Å². The van der Waals surface area contributed by atoms with Crippen molar-refractivity contribution in [2.75, 3.05) is 0 Å². The van der Waals surface area contributed by atoms with Crippen LogP contribution in [-0.2, 0) is 0 Å². The van der Waals surface area contributed by atoms with Crippen molar-refractivity contribution in [1.82, 2.24) is 9.88 Å². The summed E-state index contributed by atoms with van der Waals surface area (Å²) in [6.07, 6.45) is 0. The number of hydrogen-bond acceptors (Lipinski definition) is 3. The summed E-state index contributed by atoms with van der Waals surface area (Å²) in [6.45, 7) is 0. The van der Waals surface area contributed by atoms with Gasteiger partial charge in [-0.2, -0.15) is 0 Å². The Balaban J connectivity index is 1.14. The molecule has 1 atom stereocenters. The first-order valence-corrected chi connectivity index (χ1v) is 18.4. The number of rotatable bonds is 5. The number of benzene rings is 8. The normalized spacial score (nSPS) is 14.0. The Morgan fingerprint density at radius 1 is 0.463 bits per heavy atom. The van der Waals surface area contributed by atoms with E-state index in [0.717, 1.165) is 66.9 Å². The predicted molar refractivity (Wildman–Crippen MR) is 223 cm³/mol. The molecule has 1 aliphatic rings. The Morgan fingerprint density at radius 3 is 1.70 bits per heavy atom. The van der Waals surface area contributed by atoms with Crippen LogP contribution < -0.4 is 5.32 Å². The molecule has 0 aliphatic carbocycles. The van der Waals surface area contributed by atoms with Gasteiger partial charge in [0, 0.05) is 32.7 Å². The zero-order chi connectivity index (χ0) is 35.6. The van der Waals surface area contributed by atoms with E-state index in [2.05, 4.69) is 192 Å². The Bertz CT molecular complexity index is 2970. The molecule has 1 aliphatic heterocycles. The fourth-order valence-corrected chi connectivity index (χ4v) is 8.37. The number of furan rings is 1. The first-order chi connectivity index (χ1) is 26.8. The van der Waals surface area contributed by atoms with Crippen LogP contribution >= 0.6 is 0 Å². The van der Waals surface area contributed by atoms with Crippen LogP contribution in [0.2, 0.25) is 0 Å². The summed E-state index contributed by atoms with van der Waals surface area (Å²) in [7, 11) is 0. The molecule has 0 radical (unpaired) electrons. The molecular formula is C50H33N3O. The van der Waals surface area contributed by atoms with Gasteiger partial charge >= 0.3 is 0 Å². The minimum absolute atomic E-state index is 0.122. The monoisotopic (exact) mass is 691 g/mol. The van der Waals surface area contributed by atoms with Crippen molar-refractivity contribution in [3.63, 3.8) is 0 Å². The lowest BCUT2D eigenvalue weighted by Gasteiger charge is -2.28. The van der Waals surface area contributed by atoms with E-state index in [-0.39, 0.29) is 6.04 Å². The number of nitrogens with one attached hydrogen (secondary N) is 1. The second-order valence-electron chi connectivity index (χ2n) is 14.0. The molecule has 8 aromatic carbocycles. The first kappa shape index (κ1) is 30.5. The topological polar surface area (TPSA) is 42.5 Å². The van der Waals surface area contributed by atoms with Gasteiger partial charge in [-0.3, -0.25) is 0 Å². The largest absolute Gasteiger partial charge is 0.454 e. The fraction of sp³-hybridized carbons (Fsp3) is 0.0200. The van der Waals surface area contributed by atoms with E-state index in [9.17, 15) is 0 Å². The standard InChI is InChI=1S/C50H33N3O/c1-4-14-32(15-5-1)35-26-28-43-40(30-35)41-31-36(33-16-6-2-7-17-33)27-29-44(41)53(43)45-24-12-22-39-47-38(21-13-25-46(47)54-49(39)45)48-37-20-10-11-23-42(37)51-50(52-48)34-18-8-3-9-19-34/h1-31,48H,(H,51,52). The van der Waals surface area contributed by atoms with Crippen LogP contribution in [0.4, 0.5) is 5.69 Å². The van der Waals surface area contributed by atoms with Gasteiger partial charge in [0.15, 0.2) is 5.58 Å². The maximum atomic E-state index is 6.94. The maximum absolute atomic E-state index is 6.94. The minimum atomic E-state index is -0.122. The molecular weight excluding hydrogens is 659 g/mol. The Hall–Kier alpha value is -7.17. The molecule has 0 bridgehead atoms. The van der Waals surface area contributed by atoms with Crippen LogP contribution in [-0.4, -0.2) is 10.4 Å². The Morgan fingerprint density at radius 2 is 1.04 bits per heavy atom. The predicted octanol–water partition coefficient (Wildman–Crippen LogP) is 12.8. The molecule has 2 aromatic heterocycles. The lowest BCUT2D eigenvalue weighted by molar-refractivity contribution is 0.665. The Kier molecular flexibility index (Phi) is 6.89. The van der Waals surface area contributed by atoms with Crippen molar-refractivity contribution < 1.29 is 4.42 Å². The van der Waals surface area contributed by atoms with Gasteiger partial charge in [0.2, 0.25) is 0 Å². The zero-order valence-corrected chi connectivity index (χ0v) is 29.3. The molecule has 1 N–H and O–H groups in total. The van der Waals surface area contributed by atoms with Crippen molar-refractivity contribution in [3.8, 4) is 27.9 Å². The highest BCUT2D eigenvalue weighted by molar-refractivity contribution is 6.15. The van der Waals surface area contributed by atoms with Crippen molar-refractivity contribution in [3.05, 3.63) is 205 Å². The molecule has 54 heavy (non-hydrogen) atoms. The van der Waals surface area contributed by atoms with E-state index in [0.29, 0.717) is 0 Å². The molecule has 1 unspecified atom stereocenters. The second kappa shape index (κ2) is 12.2. The molecule has 0 spiro atoms. The van der Waals surface area contributed by atoms with Gasteiger partial charge in [-0.25, -0.2) is 4.99 Å². The summed E-state index contributed by atoms with van der Waals surface area (Å²) in [5, 5.41) is 8.41. The van der Waals surface area contributed by atoms with Crippen molar-refractivity contribution >= 4 is 55.3 Å². The van der Waals surface area contributed by atoms with Crippen molar-refractivity contribution in [2.24, 2.45) is 4.99 Å². The summed E-state index contributed by atoms with van der Waals surface area (Å²) >= 11 is 0. The summed E-state index contributed by atoms with van der Waals surface area (Å²) in [5.41, 5.74) is 14.1. The number of aromatic nitrogens is 1. The molecule has 4 heteroatoms. The number of nitrogens with zero attached hydrogens (tertiary/aromatic N) is 2. The van der Waals surface area contributed by atoms with Gasteiger partial charge < -0.3 is 14.3 Å². The average molecular weight is 692 g/mol. The van der Waals surface area contributed by atoms with Crippen LogP contribution in [0, 0.1) is 0 Å². The van der Waals surface area contributed by atoms with Crippen LogP contribution in [0.25, 0.3) is 71.7 Å². The molecule has 0 amide bonds. The highest BCUT2D eigenvalue weighted by atomic mass is 16.3. The van der Waals surface area contributed by atoms with E-state index in [1.165, 1.54) is 33.0 Å². The van der Waals surface area contributed by atoms with E-state index in [1.54, 1.807) is 0 Å². The third-order valence-electron chi connectivity index (χ3n) is 10.9. The van der Waals surface area contributed by atoms with E-state index in [1.807, 2.05) is 6.07 Å². The fourth-order valence-electron chi connectivity index (χ4n) is 8.37. The Labute approximate surface area is 312 Å². The number of fused-ring (bicyclic) bond motifs is 7. The van der Waals surface area contributed by atoms with Crippen LogP contribution in [0.1, 0.15) is 22.7 Å². The number of para-hydroxylation sites is 2. The smallest absolute Gasteiger partial charge is 0.159 e. The minimum Gasteiger partial charge on any atom is -0.454 e. The SMILES string of the molecule is c1ccc(C2=Nc3ccccc3C(c3cccc4oc5c(-n6c7ccc(-c8ccccc8)cc7c7cc(-c8ccccc8)ccc76)cccc5c34)N2)cc1. The molecule has 0 saturated carbocycles. The maximum Gasteiger partial charge on any atom is 0.159 e. The molecule has 254 valence electrons. The highest BCUT2D eigenvalue weighted by Crippen LogP contribution is 2.44. The molecule has 0 saturated heterocycles. The highest BCUT2D eigenvalue weighted by Gasteiger charge is 2.28.